The van der Waals surface area contributed by atoms with Crippen molar-refractivity contribution in [1.29, 1.82) is 0 Å². The van der Waals surface area contributed by atoms with Gasteiger partial charge in [0.1, 0.15) is 0 Å². The van der Waals surface area contributed by atoms with E-state index in [-0.39, 0.29) is 5.56 Å². The largest absolute Gasteiger partial charge is 0.381 e. The number of hydrogen-bond donors (Lipinski definition) is 1. The summed E-state index contributed by atoms with van der Waals surface area (Å²) in [5.41, 5.74) is 0.871. The van der Waals surface area contributed by atoms with E-state index in [0.717, 1.165) is 25.3 Å². The second-order valence-corrected chi connectivity index (χ2v) is 5.63. The first kappa shape index (κ1) is 12.7. The van der Waals surface area contributed by atoms with Crippen molar-refractivity contribution >= 4 is 5.69 Å². The average Bonchev–Trinajstić information content (AvgIpc) is 2.86. The van der Waals surface area contributed by atoms with Crippen LogP contribution in [-0.4, -0.2) is 40.4 Å². The van der Waals surface area contributed by atoms with Gasteiger partial charge in [-0.1, -0.05) is 0 Å². The molecule has 0 amide bonds. The fourth-order valence-electron chi connectivity index (χ4n) is 2.71. The van der Waals surface area contributed by atoms with Crippen LogP contribution >= 0.6 is 0 Å². The van der Waals surface area contributed by atoms with Gasteiger partial charge in [-0.2, -0.15) is 5.10 Å². The summed E-state index contributed by atoms with van der Waals surface area (Å²) >= 11 is 0. The molecule has 19 heavy (non-hydrogen) atoms. The molecule has 1 aromatic rings. The first-order chi connectivity index (χ1) is 9.31. The summed E-state index contributed by atoms with van der Waals surface area (Å²) in [6, 6.07) is 2.22. The van der Waals surface area contributed by atoms with Crippen molar-refractivity contribution in [2.24, 2.45) is 0 Å². The zero-order chi connectivity index (χ0) is 13.1. The number of rotatable bonds is 5. The molecule has 104 valence electrons. The van der Waals surface area contributed by atoms with Crippen molar-refractivity contribution in [2.75, 3.05) is 25.0 Å². The molecule has 0 atom stereocenters. The molecule has 2 fully saturated rings. The smallest absolute Gasteiger partial charge is 0.268 e. The lowest BCUT2D eigenvalue weighted by Crippen LogP contribution is -2.32. The van der Waals surface area contributed by atoms with E-state index < -0.39 is 0 Å². The number of likely N-dealkylation sites (tertiary alicyclic amines) is 1. The van der Waals surface area contributed by atoms with Gasteiger partial charge in [0, 0.05) is 18.7 Å². The lowest BCUT2D eigenvalue weighted by Gasteiger charge is -2.27. The standard InChI is InChI=1S/C14H22N4O/c19-14-10-13(16-12-4-3-5-12)11-15-18(14)9-8-17-6-1-2-7-17/h10-12,16H,1-9H2. The Morgan fingerprint density at radius 1 is 1.21 bits per heavy atom. The third-order valence-electron chi connectivity index (χ3n) is 4.17. The topological polar surface area (TPSA) is 50.2 Å². The van der Waals surface area contributed by atoms with Crippen LogP contribution in [0.15, 0.2) is 17.1 Å². The van der Waals surface area contributed by atoms with Crippen LogP contribution in [0.2, 0.25) is 0 Å². The van der Waals surface area contributed by atoms with Crippen molar-refractivity contribution in [3.05, 3.63) is 22.6 Å². The summed E-state index contributed by atoms with van der Waals surface area (Å²) in [5, 5.41) is 7.62. The quantitative estimate of drug-likeness (QED) is 0.869. The minimum absolute atomic E-state index is 0.00326. The van der Waals surface area contributed by atoms with Gasteiger partial charge >= 0.3 is 0 Å². The number of aromatic nitrogens is 2. The Balaban J connectivity index is 1.57. The second-order valence-electron chi connectivity index (χ2n) is 5.63. The third-order valence-corrected chi connectivity index (χ3v) is 4.17. The SMILES string of the molecule is O=c1cc(NC2CCC2)cnn1CCN1CCCC1. The molecule has 1 aliphatic carbocycles. The van der Waals surface area contributed by atoms with Crippen LogP contribution in [0.4, 0.5) is 5.69 Å². The molecule has 5 heteroatoms. The summed E-state index contributed by atoms with van der Waals surface area (Å²) < 4.78 is 1.57. The maximum Gasteiger partial charge on any atom is 0.268 e. The lowest BCUT2D eigenvalue weighted by molar-refractivity contribution is 0.312. The van der Waals surface area contributed by atoms with Gasteiger partial charge in [-0.25, -0.2) is 4.68 Å². The van der Waals surface area contributed by atoms with Gasteiger partial charge in [-0.15, -0.1) is 0 Å². The highest BCUT2D eigenvalue weighted by atomic mass is 16.1. The van der Waals surface area contributed by atoms with E-state index in [9.17, 15) is 4.79 Å². The van der Waals surface area contributed by atoms with Crippen LogP contribution in [0.3, 0.4) is 0 Å². The van der Waals surface area contributed by atoms with Crippen molar-refractivity contribution in [1.82, 2.24) is 14.7 Å². The van der Waals surface area contributed by atoms with Crippen LogP contribution in [0, 0.1) is 0 Å². The van der Waals surface area contributed by atoms with Gasteiger partial charge in [0.25, 0.3) is 5.56 Å². The number of hydrogen-bond acceptors (Lipinski definition) is 4. The van der Waals surface area contributed by atoms with E-state index in [1.165, 1.54) is 32.1 Å². The first-order valence-corrected chi connectivity index (χ1v) is 7.37. The van der Waals surface area contributed by atoms with Gasteiger partial charge in [0.2, 0.25) is 0 Å². The van der Waals surface area contributed by atoms with Crippen molar-refractivity contribution in [3.63, 3.8) is 0 Å². The normalized spacial score (nSPS) is 20.4. The van der Waals surface area contributed by atoms with Crippen molar-refractivity contribution in [2.45, 2.75) is 44.7 Å². The monoisotopic (exact) mass is 262 g/mol. The minimum Gasteiger partial charge on any atom is -0.381 e. The predicted octanol–water partition coefficient (Wildman–Crippen LogP) is 1.30. The molecule has 1 N–H and O–H groups in total. The summed E-state index contributed by atoms with van der Waals surface area (Å²) in [5.74, 6) is 0. The predicted molar refractivity (Wildman–Crippen MR) is 75.4 cm³/mol. The van der Waals surface area contributed by atoms with Crippen LogP contribution in [-0.2, 0) is 6.54 Å². The van der Waals surface area contributed by atoms with Crippen LogP contribution in [0.25, 0.3) is 0 Å². The Morgan fingerprint density at radius 3 is 2.63 bits per heavy atom. The molecule has 1 aromatic heterocycles. The Bertz CT molecular complexity index is 475. The highest BCUT2D eigenvalue weighted by Crippen LogP contribution is 2.21. The number of nitrogens with one attached hydrogen (secondary N) is 1. The molecule has 5 nitrogen and oxygen atoms in total. The Morgan fingerprint density at radius 2 is 2.00 bits per heavy atom. The van der Waals surface area contributed by atoms with Crippen molar-refractivity contribution < 1.29 is 0 Å². The van der Waals surface area contributed by atoms with Crippen LogP contribution < -0.4 is 10.9 Å². The van der Waals surface area contributed by atoms with Crippen molar-refractivity contribution in [3.8, 4) is 0 Å². The maximum absolute atomic E-state index is 12.0. The summed E-state index contributed by atoms with van der Waals surface area (Å²) in [7, 11) is 0. The molecule has 2 heterocycles. The molecule has 2 aliphatic rings. The molecule has 0 unspecified atom stereocenters. The van der Waals surface area contributed by atoms with E-state index in [1.807, 2.05) is 0 Å². The zero-order valence-corrected chi connectivity index (χ0v) is 11.3. The van der Waals surface area contributed by atoms with E-state index in [2.05, 4.69) is 15.3 Å². The molecule has 0 radical (unpaired) electrons. The summed E-state index contributed by atoms with van der Waals surface area (Å²) in [6.07, 6.45) is 8.05. The van der Waals surface area contributed by atoms with E-state index in [1.54, 1.807) is 16.9 Å². The zero-order valence-electron chi connectivity index (χ0n) is 11.3. The molecule has 0 spiro atoms. The lowest BCUT2D eigenvalue weighted by atomic mass is 9.93. The highest BCUT2D eigenvalue weighted by Gasteiger charge is 2.17. The molecule has 0 bridgehead atoms. The van der Waals surface area contributed by atoms with Gasteiger partial charge in [-0.05, 0) is 45.2 Å². The molecular formula is C14H22N4O. The second kappa shape index (κ2) is 5.74. The molecule has 0 aromatic carbocycles. The highest BCUT2D eigenvalue weighted by molar-refractivity contribution is 5.40. The fourth-order valence-corrected chi connectivity index (χ4v) is 2.71. The molecular weight excluding hydrogens is 240 g/mol. The van der Waals surface area contributed by atoms with Gasteiger partial charge < -0.3 is 10.2 Å². The first-order valence-electron chi connectivity index (χ1n) is 7.37. The van der Waals surface area contributed by atoms with Crippen LogP contribution in [0.5, 0.6) is 0 Å². The fraction of sp³-hybridized carbons (Fsp3) is 0.714. The van der Waals surface area contributed by atoms with Gasteiger partial charge in [0.15, 0.2) is 0 Å². The summed E-state index contributed by atoms with van der Waals surface area (Å²) in [4.78, 5) is 14.4. The Labute approximate surface area is 113 Å². The van der Waals surface area contributed by atoms with E-state index >= 15 is 0 Å². The van der Waals surface area contributed by atoms with Gasteiger partial charge in [0.05, 0.1) is 18.4 Å². The molecule has 1 saturated carbocycles. The van der Waals surface area contributed by atoms with Gasteiger partial charge in [-0.3, -0.25) is 4.79 Å². The number of anilines is 1. The molecule has 3 rings (SSSR count). The Kier molecular flexibility index (Phi) is 3.82. The third kappa shape index (κ3) is 3.15. The Hall–Kier alpha value is -1.36. The average molecular weight is 262 g/mol. The minimum atomic E-state index is 0.00326. The van der Waals surface area contributed by atoms with Crippen LogP contribution in [0.1, 0.15) is 32.1 Å². The van der Waals surface area contributed by atoms with E-state index in [0.29, 0.717) is 12.6 Å². The number of nitrogens with zero attached hydrogens (tertiary/aromatic N) is 3. The summed E-state index contributed by atoms with van der Waals surface area (Å²) in [6.45, 7) is 3.96. The maximum atomic E-state index is 12.0. The molecule has 1 saturated heterocycles. The molecule has 1 aliphatic heterocycles. The van der Waals surface area contributed by atoms with E-state index in [4.69, 9.17) is 0 Å².